The van der Waals surface area contributed by atoms with E-state index in [-0.39, 0.29) is 12.2 Å². The molecule has 2 atom stereocenters. The Bertz CT molecular complexity index is 441. The van der Waals surface area contributed by atoms with Crippen molar-refractivity contribution in [3.05, 3.63) is 47.5 Å². The van der Waals surface area contributed by atoms with Crippen molar-refractivity contribution in [3.8, 4) is 0 Å². The van der Waals surface area contributed by atoms with E-state index in [1.807, 2.05) is 36.4 Å². The second-order valence-corrected chi connectivity index (χ2v) is 5.14. The van der Waals surface area contributed by atoms with Crippen LogP contribution >= 0.6 is 11.6 Å². The third-order valence-electron chi connectivity index (χ3n) is 3.59. The lowest BCUT2D eigenvalue weighted by molar-refractivity contribution is -0.107. The van der Waals surface area contributed by atoms with Crippen molar-refractivity contribution >= 4 is 11.6 Å². The molecule has 2 unspecified atom stereocenters. The van der Waals surface area contributed by atoms with E-state index in [1.165, 1.54) is 0 Å². The third kappa shape index (κ3) is 2.01. The number of aliphatic hydroxyl groups is 1. The topological polar surface area (TPSA) is 29.5 Å². The Balaban J connectivity index is 1.92. The molecule has 1 aromatic rings. The van der Waals surface area contributed by atoms with Gasteiger partial charge in [0.05, 0.1) is 17.8 Å². The highest BCUT2D eigenvalue weighted by atomic mass is 35.5. The van der Waals surface area contributed by atoms with Crippen LogP contribution in [0.4, 0.5) is 0 Å². The Hall–Kier alpha value is -0.830. The largest absolute Gasteiger partial charge is 0.385 e. The third-order valence-corrected chi connectivity index (χ3v) is 3.89. The van der Waals surface area contributed by atoms with Gasteiger partial charge in [-0.2, -0.15) is 0 Å². The fraction of sp³-hybridized carbons (Fsp3) is 0.429. The van der Waals surface area contributed by atoms with Crippen molar-refractivity contribution in [2.75, 3.05) is 0 Å². The first-order valence-corrected chi connectivity index (χ1v) is 6.45. The second kappa shape index (κ2) is 4.13. The lowest BCUT2D eigenvalue weighted by atomic mass is 9.82. The van der Waals surface area contributed by atoms with Crippen LogP contribution in [0.1, 0.15) is 24.0 Å². The minimum Gasteiger partial charge on any atom is -0.385 e. The minimum atomic E-state index is -0.779. The van der Waals surface area contributed by atoms with Gasteiger partial charge < -0.3 is 9.84 Å². The molecule has 2 aliphatic heterocycles. The van der Waals surface area contributed by atoms with Crippen LogP contribution in [0.2, 0.25) is 0 Å². The molecule has 0 aromatic heterocycles. The van der Waals surface area contributed by atoms with Gasteiger partial charge in [-0.3, -0.25) is 0 Å². The first-order valence-electron chi connectivity index (χ1n) is 5.91. The summed E-state index contributed by atoms with van der Waals surface area (Å²) in [7, 11) is 0. The summed E-state index contributed by atoms with van der Waals surface area (Å²) >= 11 is 5.83. The zero-order chi connectivity index (χ0) is 11.9. The maximum atomic E-state index is 10.8. The fourth-order valence-electron chi connectivity index (χ4n) is 2.72. The van der Waals surface area contributed by atoms with Gasteiger partial charge in [0.15, 0.2) is 0 Å². The van der Waals surface area contributed by atoms with Gasteiger partial charge >= 0.3 is 0 Å². The van der Waals surface area contributed by atoms with Gasteiger partial charge in [0.25, 0.3) is 0 Å². The highest BCUT2D eigenvalue weighted by Gasteiger charge is 2.42. The van der Waals surface area contributed by atoms with Crippen LogP contribution in [-0.2, 0) is 16.2 Å². The van der Waals surface area contributed by atoms with Gasteiger partial charge in [0.1, 0.15) is 0 Å². The van der Waals surface area contributed by atoms with Crippen molar-refractivity contribution in [2.45, 2.75) is 36.5 Å². The van der Waals surface area contributed by atoms with Crippen molar-refractivity contribution in [2.24, 2.45) is 0 Å². The summed E-state index contributed by atoms with van der Waals surface area (Å²) in [5, 5.41) is 10.8. The summed E-state index contributed by atoms with van der Waals surface area (Å²) < 4.78 is 5.67. The van der Waals surface area contributed by atoms with E-state index in [1.54, 1.807) is 0 Å². The number of alkyl halides is 1. The molecule has 90 valence electrons. The van der Waals surface area contributed by atoms with Gasteiger partial charge in [-0.05, 0) is 11.1 Å². The molecule has 0 spiro atoms. The Kier molecular flexibility index (Phi) is 2.74. The van der Waals surface area contributed by atoms with Gasteiger partial charge in [-0.1, -0.05) is 36.4 Å². The van der Waals surface area contributed by atoms with E-state index in [2.05, 4.69) is 0 Å². The number of hydrogen-bond acceptors (Lipinski definition) is 2. The number of rotatable bonds is 2. The highest BCUT2D eigenvalue weighted by Crippen LogP contribution is 2.41. The molecule has 2 aliphatic rings. The lowest BCUT2D eigenvalue weighted by Gasteiger charge is -2.37. The molecule has 2 nitrogen and oxygen atoms in total. The first-order chi connectivity index (χ1) is 8.19. The van der Waals surface area contributed by atoms with E-state index >= 15 is 0 Å². The van der Waals surface area contributed by atoms with Gasteiger partial charge in [0.2, 0.25) is 0 Å². The SMILES string of the molecule is OC1(c2cccc(CCl)c2)CC2C=CC(C1)O2. The summed E-state index contributed by atoms with van der Waals surface area (Å²) in [6.45, 7) is 0. The van der Waals surface area contributed by atoms with Gasteiger partial charge in [-0.15, -0.1) is 11.6 Å². The normalized spacial score (nSPS) is 35.2. The van der Waals surface area contributed by atoms with Gasteiger partial charge in [-0.25, -0.2) is 0 Å². The maximum Gasteiger partial charge on any atom is 0.0952 e. The molecule has 1 saturated heterocycles. The van der Waals surface area contributed by atoms with Crippen LogP contribution in [0, 0.1) is 0 Å². The Morgan fingerprint density at radius 3 is 2.65 bits per heavy atom. The number of halogens is 1. The molecule has 0 saturated carbocycles. The predicted molar refractivity (Wildman–Crippen MR) is 66.9 cm³/mol. The van der Waals surface area contributed by atoms with Crippen LogP contribution in [0.15, 0.2) is 36.4 Å². The van der Waals surface area contributed by atoms with E-state index in [4.69, 9.17) is 16.3 Å². The molecule has 3 rings (SSSR count). The van der Waals surface area contributed by atoms with E-state index < -0.39 is 5.60 Å². The van der Waals surface area contributed by atoms with E-state index in [9.17, 15) is 5.11 Å². The molecule has 17 heavy (non-hydrogen) atoms. The summed E-state index contributed by atoms with van der Waals surface area (Å²) in [4.78, 5) is 0. The molecule has 0 aliphatic carbocycles. The standard InChI is InChI=1S/C14H15ClO2/c15-9-10-2-1-3-11(6-10)14(16)7-12-4-5-13(8-14)17-12/h1-6,12-13,16H,7-9H2. The molecule has 1 N–H and O–H groups in total. The minimum absolute atomic E-state index is 0.0541. The summed E-state index contributed by atoms with van der Waals surface area (Å²) in [6, 6.07) is 7.90. The van der Waals surface area contributed by atoms with E-state index in [0.29, 0.717) is 18.7 Å². The van der Waals surface area contributed by atoms with Crippen LogP contribution in [-0.4, -0.2) is 17.3 Å². The molecule has 0 amide bonds. The molecule has 2 bridgehead atoms. The second-order valence-electron chi connectivity index (χ2n) is 4.87. The smallest absolute Gasteiger partial charge is 0.0952 e. The zero-order valence-corrected chi connectivity index (χ0v) is 10.2. The first kappa shape index (κ1) is 11.3. The Morgan fingerprint density at radius 2 is 2.00 bits per heavy atom. The number of hydrogen-bond donors (Lipinski definition) is 1. The predicted octanol–water partition coefficient (Wildman–Crippen LogP) is 2.73. The molecule has 0 radical (unpaired) electrons. The van der Waals surface area contributed by atoms with Crippen molar-refractivity contribution < 1.29 is 9.84 Å². The number of benzene rings is 1. The summed E-state index contributed by atoms with van der Waals surface area (Å²) in [6.07, 6.45) is 5.47. The molecule has 1 aromatic carbocycles. The lowest BCUT2D eigenvalue weighted by Crippen LogP contribution is -2.39. The van der Waals surface area contributed by atoms with Crippen LogP contribution < -0.4 is 0 Å². The molecular formula is C14H15ClO2. The van der Waals surface area contributed by atoms with Crippen LogP contribution in [0.5, 0.6) is 0 Å². The van der Waals surface area contributed by atoms with Gasteiger partial charge in [0, 0.05) is 18.7 Å². The Labute approximate surface area is 106 Å². The van der Waals surface area contributed by atoms with Crippen molar-refractivity contribution in [1.29, 1.82) is 0 Å². The van der Waals surface area contributed by atoms with Crippen molar-refractivity contribution in [1.82, 2.24) is 0 Å². The van der Waals surface area contributed by atoms with Crippen molar-refractivity contribution in [3.63, 3.8) is 0 Å². The average Bonchev–Trinajstić information content (AvgIpc) is 2.69. The summed E-state index contributed by atoms with van der Waals surface area (Å²) in [5.74, 6) is 0.478. The summed E-state index contributed by atoms with van der Waals surface area (Å²) in [5.41, 5.74) is 1.22. The van der Waals surface area contributed by atoms with E-state index in [0.717, 1.165) is 11.1 Å². The molecular weight excluding hydrogens is 236 g/mol. The quantitative estimate of drug-likeness (QED) is 0.646. The number of fused-ring (bicyclic) bond motifs is 2. The fourth-order valence-corrected chi connectivity index (χ4v) is 2.89. The van der Waals surface area contributed by atoms with Crippen LogP contribution in [0.3, 0.4) is 0 Å². The zero-order valence-electron chi connectivity index (χ0n) is 9.47. The van der Waals surface area contributed by atoms with Crippen LogP contribution in [0.25, 0.3) is 0 Å². The Morgan fingerprint density at radius 1 is 1.29 bits per heavy atom. The highest BCUT2D eigenvalue weighted by molar-refractivity contribution is 6.17. The maximum absolute atomic E-state index is 10.8. The number of ether oxygens (including phenoxy) is 1. The molecule has 2 heterocycles. The molecule has 3 heteroatoms. The average molecular weight is 251 g/mol. The molecule has 1 fully saturated rings. The monoisotopic (exact) mass is 250 g/mol.